The van der Waals surface area contributed by atoms with Crippen LogP contribution in [0.2, 0.25) is 0 Å². The van der Waals surface area contributed by atoms with E-state index in [0.717, 1.165) is 12.1 Å². The Balaban J connectivity index is 1.72. The molecule has 0 aliphatic carbocycles. The quantitative estimate of drug-likeness (QED) is 0.724. The summed E-state index contributed by atoms with van der Waals surface area (Å²) >= 11 is 0. The molecule has 2 aromatic rings. The predicted octanol–water partition coefficient (Wildman–Crippen LogP) is 2.19. The van der Waals surface area contributed by atoms with Crippen LogP contribution in [0.25, 0.3) is 0 Å². The lowest BCUT2D eigenvalue weighted by molar-refractivity contribution is 0.124. The van der Waals surface area contributed by atoms with Crippen LogP contribution in [0.15, 0.2) is 30.6 Å². The van der Waals surface area contributed by atoms with Gasteiger partial charge in [-0.05, 0) is 30.5 Å². The molecule has 0 bridgehead atoms. The van der Waals surface area contributed by atoms with Crippen molar-refractivity contribution in [2.24, 2.45) is 0 Å². The third-order valence-electron chi connectivity index (χ3n) is 4.35. The maximum Gasteiger partial charge on any atom is 0.257 e. The van der Waals surface area contributed by atoms with Crippen LogP contribution >= 0.6 is 0 Å². The average Bonchev–Trinajstić information content (AvgIpc) is 2.61. The van der Waals surface area contributed by atoms with Gasteiger partial charge < -0.3 is 9.64 Å². The molecule has 0 N–H and O–H groups in total. The van der Waals surface area contributed by atoms with Gasteiger partial charge in [0.15, 0.2) is 5.82 Å². The summed E-state index contributed by atoms with van der Waals surface area (Å²) in [5, 5.41) is 0. The highest BCUT2D eigenvalue weighted by molar-refractivity contribution is 7.88. The smallest absolute Gasteiger partial charge is 0.257 e. The maximum atomic E-state index is 13.4. The Morgan fingerprint density at radius 1 is 1.18 bits per heavy atom. The molecular formula is C18H22F2N4O3S. The highest BCUT2D eigenvalue weighted by Gasteiger charge is 2.31. The zero-order valence-electron chi connectivity index (χ0n) is 15.7. The number of rotatable bonds is 6. The Kier molecular flexibility index (Phi) is 6.09. The standard InChI is InChI=1S/C18H22F2N4O3S/c1-23(2)17-18(22-6-5-21-17)27-16-4-3-7-24(11-16)28(25,26)12-13-8-14(19)10-15(20)9-13/h5-6,8-10,16H,3-4,7,11-12H2,1-2H3. The summed E-state index contributed by atoms with van der Waals surface area (Å²) in [5.74, 6) is -1.18. The molecule has 0 radical (unpaired) electrons. The zero-order valence-corrected chi connectivity index (χ0v) is 16.5. The van der Waals surface area contributed by atoms with Crippen LogP contribution in [-0.2, 0) is 15.8 Å². The van der Waals surface area contributed by atoms with Crippen LogP contribution in [0.1, 0.15) is 18.4 Å². The van der Waals surface area contributed by atoms with Crippen molar-refractivity contribution in [1.82, 2.24) is 14.3 Å². The fraction of sp³-hybridized carbons (Fsp3) is 0.444. The van der Waals surface area contributed by atoms with Crippen molar-refractivity contribution in [3.63, 3.8) is 0 Å². The minimum Gasteiger partial charge on any atom is -0.470 e. The van der Waals surface area contributed by atoms with Crippen LogP contribution in [-0.4, -0.2) is 56.0 Å². The van der Waals surface area contributed by atoms with E-state index in [1.54, 1.807) is 11.1 Å². The van der Waals surface area contributed by atoms with E-state index in [1.807, 2.05) is 14.1 Å². The minimum atomic E-state index is -3.75. The summed E-state index contributed by atoms with van der Waals surface area (Å²) < 4.78 is 59.4. The molecule has 10 heteroatoms. The molecule has 28 heavy (non-hydrogen) atoms. The average molecular weight is 412 g/mol. The number of sulfonamides is 1. The fourth-order valence-electron chi connectivity index (χ4n) is 3.12. The summed E-state index contributed by atoms with van der Waals surface area (Å²) in [4.78, 5) is 10.2. The second-order valence-electron chi connectivity index (χ2n) is 6.85. The third-order valence-corrected chi connectivity index (χ3v) is 6.17. The van der Waals surface area contributed by atoms with Crippen molar-refractivity contribution >= 4 is 15.8 Å². The molecule has 1 aromatic carbocycles. The van der Waals surface area contributed by atoms with Crippen LogP contribution in [0, 0.1) is 11.6 Å². The van der Waals surface area contributed by atoms with E-state index in [4.69, 9.17) is 4.74 Å². The highest BCUT2D eigenvalue weighted by atomic mass is 32.2. The molecule has 0 amide bonds. The summed E-state index contributed by atoms with van der Waals surface area (Å²) in [7, 11) is -0.124. The second-order valence-corrected chi connectivity index (χ2v) is 8.82. The van der Waals surface area contributed by atoms with Gasteiger partial charge in [0.05, 0.1) is 12.3 Å². The van der Waals surface area contributed by atoms with Crippen molar-refractivity contribution in [3.05, 3.63) is 47.8 Å². The summed E-state index contributed by atoms with van der Waals surface area (Å²) in [5.41, 5.74) is 0.0735. The Morgan fingerprint density at radius 2 is 1.86 bits per heavy atom. The number of halogens is 2. The SMILES string of the molecule is CN(C)c1nccnc1OC1CCCN(S(=O)(=O)Cc2cc(F)cc(F)c2)C1. The Morgan fingerprint density at radius 3 is 2.54 bits per heavy atom. The van der Waals surface area contributed by atoms with Crippen molar-refractivity contribution in [3.8, 4) is 5.88 Å². The van der Waals surface area contributed by atoms with Gasteiger partial charge in [-0.2, -0.15) is 4.31 Å². The van der Waals surface area contributed by atoms with E-state index in [0.29, 0.717) is 37.2 Å². The van der Waals surface area contributed by atoms with Gasteiger partial charge in [0.1, 0.15) is 17.7 Å². The number of anilines is 1. The molecule has 1 saturated heterocycles. The highest BCUT2D eigenvalue weighted by Crippen LogP contribution is 2.25. The van der Waals surface area contributed by atoms with Crippen LogP contribution < -0.4 is 9.64 Å². The third kappa shape index (κ3) is 4.93. The Labute approximate surface area is 163 Å². The van der Waals surface area contributed by atoms with Gasteiger partial charge in [-0.25, -0.2) is 27.2 Å². The molecule has 1 unspecified atom stereocenters. The zero-order chi connectivity index (χ0) is 20.3. The van der Waals surface area contributed by atoms with Crippen LogP contribution in [0.3, 0.4) is 0 Å². The molecule has 2 heterocycles. The first-order chi connectivity index (χ1) is 13.2. The van der Waals surface area contributed by atoms with E-state index in [2.05, 4.69) is 9.97 Å². The number of hydrogen-bond acceptors (Lipinski definition) is 6. The van der Waals surface area contributed by atoms with Crippen molar-refractivity contribution in [1.29, 1.82) is 0 Å². The molecule has 0 spiro atoms. The Hall–Kier alpha value is -2.33. The molecule has 152 valence electrons. The lowest BCUT2D eigenvalue weighted by atomic mass is 10.1. The van der Waals surface area contributed by atoms with Crippen molar-refractivity contribution in [2.75, 3.05) is 32.1 Å². The first-order valence-corrected chi connectivity index (χ1v) is 10.4. The van der Waals surface area contributed by atoms with Gasteiger partial charge in [-0.1, -0.05) is 0 Å². The first-order valence-electron chi connectivity index (χ1n) is 8.82. The van der Waals surface area contributed by atoms with E-state index < -0.39 is 27.4 Å². The summed E-state index contributed by atoms with van der Waals surface area (Å²) in [6.45, 7) is 0.477. The number of benzene rings is 1. The summed E-state index contributed by atoms with van der Waals surface area (Å²) in [6, 6.07) is 2.77. The van der Waals surface area contributed by atoms with Gasteiger partial charge >= 0.3 is 0 Å². The van der Waals surface area contributed by atoms with Crippen LogP contribution in [0.4, 0.5) is 14.6 Å². The molecule has 7 nitrogen and oxygen atoms in total. The number of nitrogens with zero attached hydrogens (tertiary/aromatic N) is 4. The molecule has 1 aromatic heterocycles. The fourth-order valence-corrected chi connectivity index (χ4v) is 4.69. The molecular weight excluding hydrogens is 390 g/mol. The van der Waals surface area contributed by atoms with Gasteiger partial charge in [0, 0.05) is 39.1 Å². The summed E-state index contributed by atoms with van der Waals surface area (Å²) in [6.07, 6.45) is 3.96. The topological polar surface area (TPSA) is 75.6 Å². The van der Waals surface area contributed by atoms with Gasteiger partial charge in [-0.3, -0.25) is 0 Å². The molecule has 1 aliphatic rings. The Bertz CT molecular complexity index is 920. The number of aromatic nitrogens is 2. The van der Waals surface area contributed by atoms with Crippen molar-refractivity contribution in [2.45, 2.75) is 24.7 Å². The maximum absolute atomic E-state index is 13.4. The lowest BCUT2D eigenvalue weighted by Crippen LogP contribution is -2.45. The normalized spacial score (nSPS) is 18.1. The van der Waals surface area contributed by atoms with Gasteiger partial charge in [0.25, 0.3) is 5.88 Å². The predicted molar refractivity (Wildman–Crippen MR) is 101 cm³/mol. The van der Waals surface area contributed by atoms with E-state index in [9.17, 15) is 17.2 Å². The van der Waals surface area contributed by atoms with Crippen molar-refractivity contribution < 1.29 is 21.9 Å². The number of hydrogen-bond donors (Lipinski definition) is 0. The molecule has 1 aliphatic heterocycles. The molecule has 0 saturated carbocycles. The lowest BCUT2D eigenvalue weighted by Gasteiger charge is -2.32. The van der Waals surface area contributed by atoms with Gasteiger partial charge in [-0.15, -0.1) is 0 Å². The second kappa shape index (κ2) is 8.36. The molecule has 3 rings (SSSR count). The van der Waals surface area contributed by atoms with Crippen LogP contribution in [0.5, 0.6) is 5.88 Å². The van der Waals surface area contributed by atoms with E-state index in [-0.39, 0.29) is 18.2 Å². The minimum absolute atomic E-state index is 0.0735. The van der Waals surface area contributed by atoms with Gasteiger partial charge in [0.2, 0.25) is 10.0 Å². The van der Waals surface area contributed by atoms with E-state index >= 15 is 0 Å². The number of piperidine rings is 1. The largest absolute Gasteiger partial charge is 0.470 e. The molecule has 1 fully saturated rings. The molecule has 1 atom stereocenters. The number of ether oxygens (including phenoxy) is 1. The monoisotopic (exact) mass is 412 g/mol. The first kappa shape index (κ1) is 20.4. The van der Waals surface area contributed by atoms with E-state index in [1.165, 1.54) is 10.5 Å².